The molecule has 104 valence electrons. The lowest BCUT2D eigenvalue weighted by molar-refractivity contribution is 0.0544. The van der Waals surface area contributed by atoms with E-state index < -0.39 is 0 Å². The highest BCUT2D eigenvalue weighted by atomic mass is 16.5. The molecule has 1 aliphatic carbocycles. The molecule has 3 rings (SSSR count). The number of H-pyrrole nitrogens is 1. The number of nitrogens with zero attached hydrogens (tertiary/aromatic N) is 2. The average molecular weight is 264 g/mol. The molecule has 0 unspecified atom stereocenters. The van der Waals surface area contributed by atoms with Crippen LogP contribution in [0.4, 0.5) is 0 Å². The topological polar surface area (TPSA) is 70.2 Å². The summed E-state index contributed by atoms with van der Waals surface area (Å²) in [5.41, 5.74) is 2.57. The van der Waals surface area contributed by atoms with E-state index in [1.54, 1.807) is 7.11 Å². The van der Waals surface area contributed by atoms with Crippen LogP contribution in [0.15, 0.2) is 0 Å². The molecule has 0 aromatic carbocycles. The number of rotatable bonds is 4. The number of carbonyl (C=O) groups excluding carboxylic acids is 1. The molecule has 0 atom stereocenters. The van der Waals surface area contributed by atoms with Gasteiger partial charge in [0, 0.05) is 44.9 Å². The van der Waals surface area contributed by atoms with Crippen LogP contribution in [0.1, 0.15) is 34.6 Å². The zero-order chi connectivity index (χ0) is 13.5. The smallest absolute Gasteiger partial charge is 0.274 e. The van der Waals surface area contributed by atoms with Crippen molar-refractivity contribution in [3.05, 3.63) is 17.0 Å². The molecular formula is C13H20N4O2. The normalized spacial score (nSPS) is 19.9. The van der Waals surface area contributed by atoms with Crippen molar-refractivity contribution in [2.45, 2.75) is 31.3 Å². The molecule has 1 amide bonds. The first-order chi connectivity index (χ1) is 9.18. The number of ether oxygens (including phenoxy) is 1. The van der Waals surface area contributed by atoms with Crippen LogP contribution >= 0.6 is 0 Å². The van der Waals surface area contributed by atoms with E-state index in [4.69, 9.17) is 4.74 Å². The Kier molecular flexibility index (Phi) is 3.06. The first kappa shape index (κ1) is 12.6. The number of hydrogen-bond acceptors (Lipinski definition) is 4. The van der Waals surface area contributed by atoms with Crippen molar-refractivity contribution in [2.24, 2.45) is 0 Å². The first-order valence-corrected chi connectivity index (χ1v) is 6.72. The average Bonchev–Trinajstić information content (AvgIpc) is 3.09. The van der Waals surface area contributed by atoms with Gasteiger partial charge in [-0.1, -0.05) is 0 Å². The summed E-state index contributed by atoms with van der Waals surface area (Å²) in [5, 5.41) is 10.5. The maximum absolute atomic E-state index is 12.6. The second-order valence-corrected chi connectivity index (χ2v) is 5.48. The lowest BCUT2D eigenvalue weighted by Gasteiger charge is -2.27. The molecule has 1 saturated carbocycles. The van der Waals surface area contributed by atoms with Gasteiger partial charge in [-0.05, 0) is 12.8 Å². The minimum atomic E-state index is -0.111. The first-order valence-electron chi connectivity index (χ1n) is 6.72. The summed E-state index contributed by atoms with van der Waals surface area (Å²) in [6.45, 7) is 2.25. The van der Waals surface area contributed by atoms with Crippen LogP contribution in [-0.2, 0) is 17.7 Å². The summed E-state index contributed by atoms with van der Waals surface area (Å²) in [6, 6.07) is 0. The monoisotopic (exact) mass is 264 g/mol. The van der Waals surface area contributed by atoms with E-state index in [0.29, 0.717) is 12.3 Å². The third-order valence-corrected chi connectivity index (χ3v) is 4.27. The van der Waals surface area contributed by atoms with E-state index in [9.17, 15) is 4.79 Å². The summed E-state index contributed by atoms with van der Waals surface area (Å²) in [4.78, 5) is 14.4. The molecule has 6 heteroatoms. The van der Waals surface area contributed by atoms with E-state index in [-0.39, 0.29) is 11.4 Å². The number of amides is 1. The second kappa shape index (κ2) is 4.61. The van der Waals surface area contributed by atoms with Gasteiger partial charge in [-0.25, -0.2) is 0 Å². The number of nitrogens with one attached hydrogen (secondary N) is 2. The number of fused-ring (bicyclic) bond motifs is 1. The number of aromatic amines is 1. The quantitative estimate of drug-likeness (QED) is 0.821. The van der Waals surface area contributed by atoms with E-state index >= 15 is 0 Å². The number of likely N-dealkylation sites (N-methyl/N-ethyl adjacent to an activating group) is 1. The number of aromatic nitrogens is 2. The lowest BCUT2D eigenvalue weighted by Crippen LogP contribution is -2.42. The third-order valence-electron chi connectivity index (χ3n) is 4.27. The number of methoxy groups -OCH3 is 1. The van der Waals surface area contributed by atoms with Gasteiger partial charge in [0.15, 0.2) is 5.69 Å². The van der Waals surface area contributed by atoms with Gasteiger partial charge in [0.05, 0.1) is 12.1 Å². The minimum absolute atomic E-state index is 0.00394. The lowest BCUT2D eigenvalue weighted by atomic mass is 10.1. The Balaban J connectivity index is 1.82. The highest BCUT2D eigenvalue weighted by Gasteiger charge is 2.49. The van der Waals surface area contributed by atoms with Crippen LogP contribution in [0.25, 0.3) is 0 Å². The van der Waals surface area contributed by atoms with E-state index in [2.05, 4.69) is 15.5 Å². The Morgan fingerprint density at radius 3 is 3.00 bits per heavy atom. The second-order valence-electron chi connectivity index (χ2n) is 5.48. The van der Waals surface area contributed by atoms with Gasteiger partial charge in [-0.3, -0.25) is 9.89 Å². The molecule has 0 bridgehead atoms. The van der Waals surface area contributed by atoms with Crippen molar-refractivity contribution < 1.29 is 9.53 Å². The molecule has 6 nitrogen and oxygen atoms in total. The fourth-order valence-electron chi connectivity index (χ4n) is 2.77. The summed E-state index contributed by atoms with van der Waals surface area (Å²) in [7, 11) is 3.53. The molecule has 1 aromatic rings. The molecule has 19 heavy (non-hydrogen) atoms. The fraction of sp³-hybridized carbons (Fsp3) is 0.692. The van der Waals surface area contributed by atoms with Crippen molar-refractivity contribution in [3.63, 3.8) is 0 Å². The minimum Gasteiger partial charge on any atom is -0.382 e. The number of hydrogen-bond donors (Lipinski definition) is 2. The van der Waals surface area contributed by atoms with Crippen molar-refractivity contribution in [1.29, 1.82) is 0 Å². The van der Waals surface area contributed by atoms with Gasteiger partial charge >= 0.3 is 0 Å². The zero-order valence-corrected chi connectivity index (χ0v) is 11.5. The van der Waals surface area contributed by atoms with Crippen molar-refractivity contribution in [2.75, 3.05) is 27.3 Å². The Morgan fingerprint density at radius 1 is 1.53 bits per heavy atom. The van der Waals surface area contributed by atoms with Crippen LogP contribution < -0.4 is 5.32 Å². The van der Waals surface area contributed by atoms with Crippen LogP contribution in [-0.4, -0.2) is 53.9 Å². The molecule has 2 aliphatic rings. The van der Waals surface area contributed by atoms with E-state index in [1.165, 1.54) is 0 Å². The van der Waals surface area contributed by atoms with Crippen LogP contribution in [0.3, 0.4) is 0 Å². The molecular weight excluding hydrogens is 244 g/mol. The van der Waals surface area contributed by atoms with Crippen LogP contribution in [0.2, 0.25) is 0 Å². The predicted octanol–water partition coefficient (Wildman–Crippen LogP) is 0.306. The zero-order valence-electron chi connectivity index (χ0n) is 11.5. The largest absolute Gasteiger partial charge is 0.382 e. The summed E-state index contributed by atoms with van der Waals surface area (Å²) < 4.78 is 5.24. The maximum Gasteiger partial charge on any atom is 0.274 e. The highest BCUT2D eigenvalue weighted by molar-refractivity contribution is 5.94. The van der Waals surface area contributed by atoms with E-state index in [0.717, 1.165) is 43.6 Å². The maximum atomic E-state index is 12.6. The SMILES string of the molecule is COCC1(N(C)C(=O)c2n[nH]c3c2CNCC3)CC1. The Morgan fingerprint density at radius 2 is 2.32 bits per heavy atom. The molecule has 1 fully saturated rings. The van der Waals surface area contributed by atoms with Crippen LogP contribution in [0, 0.1) is 0 Å². The standard InChI is InChI=1S/C13H20N4O2/c1-17(13(4-5-13)8-19-2)12(18)11-9-7-14-6-3-10(9)15-16-11/h14H,3-8H2,1-2H3,(H,15,16). The van der Waals surface area contributed by atoms with Gasteiger partial charge < -0.3 is 15.0 Å². The van der Waals surface area contributed by atoms with Gasteiger partial charge in [0.25, 0.3) is 5.91 Å². The van der Waals surface area contributed by atoms with Gasteiger partial charge in [-0.2, -0.15) is 5.10 Å². The molecule has 1 aromatic heterocycles. The van der Waals surface area contributed by atoms with Crippen molar-refractivity contribution >= 4 is 5.91 Å². The Hall–Kier alpha value is -1.40. The van der Waals surface area contributed by atoms with Gasteiger partial charge in [-0.15, -0.1) is 0 Å². The summed E-state index contributed by atoms with van der Waals surface area (Å²) >= 11 is 0. The third kappa shape index (κ3) is 2.04. The highest BCUT2D eigenvalue weighted by Crippen LogP contribution is 2.41. The summed E-state index contributed by atoms with van der Waals surface area (Å²) in [6.07, 6.45) is 2.92. The molecule has 0 spiro atoms. The van der Waals surface area contributed by atoms with Gasteiger partial charge in [0.2, 0.25) is 0 Å². The van der Waals surface area contributed by atoms with Crippen molar-refractivity contribution in [3.8, 4) is 0 Å². The molecule has 1 aliphatic heterocycles. The molecule has 0 saturated heterocycles. The molecule has 0 radical (unpaired) electrons. The van der Waals surface area contributed by atoms with Gasteiger partial charge in [0.1, 0.15) is 0 Å². The Labute approximate surface area is 112 Å². The molecule has 2 N–H and O–H groups in total. The molecule has 2 heterocycles. The fourth-order valence-corrected chi connectivity index (χ4v) is 2.77. The number of carbonyl (C=O) groups is 1. The Bertz CT molecular complexity index is 493. The predicted molar refractivity (Wildman–Crippen MR) is 69.9 cm³/mol. The van der Waals surface area contributed by atoms with Crippen molar-refractivity contribution in [1.82, 2.24) is 20.4 Å². The van der Waals surface area contributed by atoms with Crippen LogP contribution in [0.5, 0.6) is 0 Å². The summed E-state index contributed by atoms with van der Waals surface area (Å²) in [5.74, 6) is -0.00394. The van der Waals surface area contributed by atoms with E-state index in [1.807, 2.05) is 11.9 Å².